The van der Waals surface area contributed by atoms with Crippen LogP contribution in [0.5, 0.6) is 0 Å². The predicted molar refractivity (Wildman–Crippen MR) is 171 cm³/mol. The second-order valence-corrected chi connectivity index (χ2v) is 15.0. The number of allylic oxidation sites excluding steroid dienone is 1. The van der Waals surface area contributed by atoms with Crippen molar-refractivity contribution in [1.29, 1.82) is 0 Å². The number of aliphatic hydroxyl groups excluding tert-OH is 1. The van der Waals surface area contributed by atoms with Crippen LogP contribution in [-0.2, 0) is 11.2 Å². The highest BCUT2D eigenvalue weighted by Crippen LogP contribution is 2.67. The normalized spacial score (nSPS) is 33.6. The van der Waals surface area contributed by atoms with Crippen molar-refractivity contribution in [2.24, 2.45) is 28.6 Å². The number of hydrogen-bond donors (Lipinski definition) is 2. The SMILES string of the molecule is CC12Cc3cnn(-c4ccc(F)cc4)c3C=C1CCC1C2C(O)CC2(C)C1CCC2(O)C(=O)CSc1cnc2ccccc2n1. The molecular weight excluding hydrogens is 587 g/mol. The van der Waals surface area contributed by atoms with E-state index in [2.05, 4.69) is 28.1 Å². The summed E-state index contributed by atoms with van der Waals surface area (Å²) in [6, 6.07) is 14.0. The standard InChI is InChI=1S/C36H37FN4O3S/c1-34-16-21-18-39-41(24-10-8-23(37)9-11-24)29(21)15-22(34)7-12-25-26-13-14-36(44,35(26,2)17-30(42)33(25)34)31(43)20-45-32-19-38-27-5-3-4-6-28(27)40-32/h3-6,8-11,15,18-19,25-26,30,33,42,44H,7,12-14,16-17,20H2,1-2H3. The van der Waals surface area contributed by atoms with Crippen LogP contribution in [0.1, 0.15) is 57.2 Å². The fourth-order valence-corrected chi connectivity index (χ4v) is 10.5. The number of hydrogen-bond acceptors (Lipinski definition) is 7. The Kier molecular flexibility index (Phi) is 6.65. The lowest BCUT2D eigenvalue weighted by Gasteiger charge is -2.60. The number of rotatable bonds is 5. The number of para-hydroxylation sites is 2. The van der Waals surface area contributed by atoms with E-state index in [0.29, 0.717) is 17.9 Å². The number of carbonyl (C=O) groups is 1. The number of benzene rings is 2. The zero-order valence-corrected chi connectivity index (χ0v) is 26.3. The number of fused-ring (bicyclic) bond motifs is 7. The van der Waals surface area contributed by atoms with Crippen molar-refractivity contribution in [2.75, 3.05) is 5.75 Å². The Bertz CT molecular complexity index is 1860. The lowest BCUT2D eigenvalue weighted by molar-refractivity contribution is -0.177. The molecule has 0 spiro atoms. The highest BCUT2D eigenvalue weighted by Gasteiger charge is 2.68. The third-order valence-electron chi connectivity index (χ3n) is 11.9. The molecule has 45 heavy (non-hydrogen) atoms. The summed E-state index contributed by atoms with van der Waals surface area (Å²) >= 11 is 1.32. The Balaban J connectivity index is 1.04. The predicted octanol–water partition coefficient (Wildman–Crippen LogP) is 6.20. The summed E-state index contributed by atoms with van der Waals surface area (Å²) in [5.41, 5.74) is 3.43. The van der Waals surface area contributed by atoms with Gasteiger partial charge in [0.1, 0.15) is 16.4 Å². The molecule has 7 atom stereocenters. The zero-order valence-electron chi connectivity index (χ0n) is 25.5. The molecule has 7 nitrogen and oxygen atoms in total. The van der Waals surface area contributed by atoms with Crippen LogP contribution >= 0.6 is 11.8 Å². The molecule has 3 fully saturated rings. The minimum absolute atomic E-state index is 0.0256. The van der Waals surface area contributed by atoms with E-state index >= 15 is 0 Å². The van der Waals surface area contributed by atoms with Crippen molar-refractivity contribution in [2.45, 2.75) is 69.1 Å². The highest BCUT2D eigenvalue weighted by atomic mass is 32.2. The second kappa shape index (κ2) is 10.3. The smallest absolute Gasteiger partial charge is 0.175 e. The van der Waals surface area contributed by atoms with Crippen LogP contribution in [0.15, 0.2) is 71.5 Å². The molecule has 7 unspecified atom stereocenters. The molecule has 3 saturated carbocycles. The van der Waals surface area contributed by atoms with Gasteiger partial charge in [0.2, 0.25) is 0 Å². The fourth-order valence-electron chi connectivity index (χ4n) is 9.70. The molecule has 2 N–H and O–H groups in total. The van der Waals surface area contributed by atoms with Crippen LogP contribution in [0, 0.1) is 34.4 Å². The van der Waals surface area contributed by atoms with Crippen LogP contribution in [-0.4, -0.2) is 53.2 Å². The average molecular weight is 625 g/mol. The van der Waals surface area contributed by atoms with Crippen molar-refractivity contribution in [3.05, 3.63) is 83.6 Å². The van der Waals surface area contributed by atoms with Crippen molar-refractivity contribution in [3.63, 3.8) is 0 Å². The van der Waals surface area contributed by atoms with Gasteiger partial charge in [-0.1, -0.05) is 43.3 Å². The molecule has 0 radical (unpaired) electrons. The van der Waals surface area contributed by atoms with E-state index in [1.807, 2.05) is 42.1 Å². The highest BCUT2D eigenvalue weighted by molar-refractivity contribution is 7.99. The lowest BCUT2D eigenvalue weighted by atomic mass is 9.45. The minimum Gasteiger partial charge on any atom is -0.393 e. The molecule has 0 aliphatic heterocycles. The Morgan fingerprint density at radius 1 is 1.09 bits per heavy atom. The molecule has 4 aromatic rings. The van der Waals surface area contributed by atoms with Crippen molar-refractivity contribution in [1.82, 2.24) is 19.7 Å². The van der Waals surface area contributed by atoms with Gasteiger partial charge >= 0.3 is 0 Å². The first-order chi connectivity index (χ1) is 21.6. The number of Topliss-reactive ketones (excluding diaryl/α,β-unsaturated/α-hetero) is 1. The zero-order chi connectivity index (χ0) is 31.1. The van der Waals surface area contributed by atoms with Crippen LogP contribution in [0.25, 0.3) is 22.8 Å². The van der Waals surface area contributed by atoms with E-state index in [1.54, 1.807) is 18.3 Å². The minimum atomic E-state index is -1.49. The average Bonchev–Trinajstić information content (AvgIpc) is 3.55. The molecule has 8 rings (SSSR count). The molecule has 0 amide bonds. The number of ketones is 1. The van der Waals surface area contributed by atoms with E-state index < -0.39 is 17.1 Å². The first-order valence-corrected chi connectivity index (χ1v) is 16.9. The van der Waals surface area contributed by atoms with Crippen molar-refractivity contribution < 1.29 is 19.4 Å². The van der Waals surface area contributed by atoms with E-state index in [9.17, 15) is 19.4 Å². The Morgan fingerprint density at radius 2 is 1.87 bits per heavy atom. The molecule has 2 aromatic carbocycles. The van der Waals surface area contributed by atoms with Gasteiger partial charge in [-0.15, -0.1) is 0 Å². The molecule has 4 aliphatic carbocycles. The molecule has 0 saturated heterocycles. The lowest BCUT2D eigenvalue weighted by Crippen LogP contribution is -2.62. The summed E-state index contributed by atoms with van der Waals surface area (Å²) in [4.78, 5) is 23.0. The molecule has 4 aliphatic rings. The van der Waals surface area contributed by atoms with E-state index in [4.69, 9.17) is 0 Å². The topological polar surface area (TPSA) is 101 Å². The van der Waals surface area contributed by atoms with Crippen LogP contribution in [0.2, 0.25) is 0 Å². The first kappa shape index (κ1) is 29.0. The van der Waals surface area contributed by atoms with E-state index in [0.717, 1.165) is 53.7 Å². The van der Waals surface area contributed by atoms with Gasteiger partial charge in [0.05, 0.1) is 46.7 Å². The van der Waals surface area contributed by atoms with Crippen LogP contribution < -0.4 is 0 Å². The summed E-state index contributed by atoms with van der Waals surface area (Å²) in [6.07, 6.45) is 9.36. The van der Waals surface area contributed by atoms with Gasteiger partial charge in [0.25, 0.3) is 0 Å². The first-order valence-electron chi connectivity index (χ1n) is 15.9. The number of aliphatic hydroxyl groups is 2. The van der Waals surface area contributed by atoms with Gasteiger partial charge in [-0.05, 0) is 110 Å². The number of halogens is 1. The molecule has 232 valence electrons. The van der Waals surface area contributed by atoms with Crippen molar-refractivity contribution >= 4 is 34.7 Å². The van der Waals surface area contributed by atoms with E-state index in [-0.39, 0.29) is 40.5 Å². The quantitative estimate of drug-likeness (QED) is 0.255. The monoisotopic (exact) mass is 624 g/mol. The largest absolute Gasteiger partial charge is 0.393 e. The summed E-state index contributed by atoms with van der Waals surface area (Å²) < 4.78 is 15.5. The van der Waals surface area contributed by atoms with Gasteiger partial charge in [-0.25, -0.2) is 14.1 Å². The Hall–Kier alpha value is -3.40. The fraction of sp³-hybridized carbons (Fsp3) is 0.444. The summed E-state index contributed by atoms with van der Waals surface area (Å²) in [7, 11) is 0. The number of nitrogens with zero attached hydrogens (tertiary/aromatic N) is 4. The van der Waals surface area contributed by atoms with Gasteiger partial charge in [-0.3, -0.25) is 9.78 Å². The number of thioether (sulfide) groups is 1. The Labute approximate surface area is 266 Å². The van der Waals surface area contributed by atoms with Gasteiger partial charge < -0.3 is 10.2 Å². The van der Waals surface area contributed by atoms with E-state index in [1.165, 1.54) is 29.5 Å². The van der Waals surface area contributed by atoms with Gasteiger partial charge in [0.15, 0.2) is 5.78 Å². The maximum absolute atomic E-state index is 13.9. The molecule has 2 heterocycles. The molecular formula is C36H37FN4O3S. The summed E-state index contributed by atoms with van der Waals surface area (Å²) in [6.45, 7) is 4.33. The summed E-state index contributed by atoms with van der Waals surface area (Å²) in [5.74, 6) is 0.0265. The second-order valence-electron chi connectivity index (χ2n) is 14.0. The summed E-state index contributed by atoms with van der Waals surface area (Å²) in [5, 5.41) is 29.5. The third-order valence-corrected chi connectivity index (χ3v) is 12.8. The molecule has 9 heteroatoms. The number of carbonyl (C=O) groups excluding carboxylic acids is 1. The molecule has 0 bridgehead atoms. The van der Waals surface area contributed by atoms with Crippen LogP contribution in [0.4, 0.5) is 4.39 Å². The van der Waals surface area contributed by atoms with Crippen molar-refractivity contribution in [3.8, 4) is 5.69 Å². The maximum Gasteiger partial charge on any atom is 0.175 e. The maximum atomic E-state index is 13.9. The van der Waals surface area contributed by atoms with Gasteiger partial charge in [-0.2, -0.15) is 5.10 Å². The third kappa shape index (κ3) is 4.30. The van der Waals surface area contributed by atoms with Crippen LogP contribution in [0.3, 0.4) is 0 Å². The van der Waals surface area contributed by atoms with Gasteiger partial charge in [0, 0.05) is 5.41 Å². The number of aromatic nitrogens is 4. The Morgan fingerprint density at radius 3 is 2.67 bits per heavy atom. The molecule has 2 aromatic heterocycles.